The third-order valence-corrected chi connectivity index (χ3v) is 5.21. The fraction of sp³-hybridized carbons (Fsp3) is 0. The first-order chi connectivity index (χ1) is 13.2. The van der Waals surface area contributed by atoms with Gasteiger partial charge in [-0.3, -0.25) is 9.20 Å². The molecule has 6 nitrogen and oxygen atoms in total. The molecule has 0 aliphatic carbocycles. The summed E-state index contributed by atoms with van der Waals surface area (Å²) in [5.74, 6) is -0.175. The SMILES string of the molecule is N#Cc1c2nc3ccccc3nc2n2ccc(NC(=O)c3cccs3)cc12. The number of fused-ring (bicyclic) bond motifs is 4. The monoisotopic (exact) mass is 369 g/mol. The van der Waals surface area contributed by atoms with Crippen LogP contribution in [0.3, 0.4) is 0 Å². The van der Waals surface area contributed by atoms with Crippen LogP contribution in [0.15, 0.2) is 60.1 Å². The molecule has 5 rings (SSSR count). The maximum Gasteiger partial charge on any atom is 0.265 e. The smallest absolute Gasteiger partial charge is 0.265 e. The van der Waals surface area contributed by atoms with E-state index >= 15 is 0 Å². The number of carbonyl (C=O) groups excluding carboxylic acids is 1. The first-order valence-electron chi connectivity index (χ1n) is 8.20. The zero-order chi connectivity index (χ0) is 18.4. The van der Waals surface area contributed by atoms with Crippen LogP contribution >= 0.6 is 11.3 Å². The number of amides is 1. The van der Waals surface area contributed by atoms with E-state index < -0.39 is 0 Å². The van der Waals surface area contributed by atoms with Gasteiger partial charge in [-0.05, 0) is 35.7 Å². The van der Waals surface area contributed by atoms with Gasteiger partial charge in [0.2, 0.25) is 0 Å². The summed E-state index contributed by atoms with van der Waals surface area (Å²) in [5.41, 5.74) is 4.40. The summed E-state index contributed by atoms with van der Waals surface area (Å²) < 4.78 is 1.83. The van der Waals surface area contributed by atoms with Crippen molar-refractivity contribution in [1.82, 2.24) is 14.4 Å². The van der Waals surface area contributed by atoms with Crippen LogP contribution in [0.4, 0.5) is 5.69 Å². The zero-order valence-electron chi connectivity index (χ0n) is 13.9. The number of nitrogens with zero attached hydrogens (tertiary/aromatic N) is 4. The summed E-state index contributed by atoms with van der Waals surface area (Å²) in [5, 5.41) is 14.4. The van der Waals surface area contributed by atoms with E-state index in [2.05, 4.69) is 21.4 Å². The Kier molecular flexibility index (Phi) is 3.38. The number of para-hydroxylation sites is 2. The molecule has 1 N–H and O–H groups in total. The molecule has 0 unspecified atom stereocenters. The quantitative estimate of drug-likeness (QED) is 0.505. The van der Waals surface area contributed by atoms with Crippen molar-refractivity contribution in [2.45, 2.75) is 0 Å². The highest BCUT2D eigenvalue weighted by atomic mass is 32.1. The maximum atomic E-state index is 12.3. The highest BCUT2D eigenvalue weighted by Crippen LogP contribution is 2.27. The van der Waals surface area contributed by atoms with E-state index in [0.29, 0.717) is 32.8 Å². The standard InChI is InChI=1S/C20H11N5OS/c21-11-13-16-10-12(22-20(26)17-6-3-9-27-17)7-8-25(16)19-18(13)23-14-4-1-2-5-15(14)24-19/h1-10H,(H,22,26). The Balaban J connectivity index is 1.70. The molecule has 27 heavy (non-hydrogen) atoms. The van der Waals surface area contributed by atoms with Crippen molar-refractivity contribution in [1.29, 1.82) is 5.26 Å². The van der Waals surface area contributed by atoms with Crippen LogP contribution in [0.25, 0.3) is 27.7 Å². The van der Waals surface area contributed by atoms with Gasteiger partial charge in [-0.1, -0.05) is 18.2 Å². The maximum absolute atomic E-state index is 12.3. The first-order valence-corrected chi connectivity index (χ1v) is 9.08. The van der Waals surface area contributed by atoms with Crippen molar-refractivity contribution in [3.05, 3.63) is 70.5 Å². The minimum absolute atomic E-state index is 0.175. The van der Waals surface area contributed by atoms with Gasteiger partial charge in [-0.25, -0.2) is 9.97 Å². The van der Waals surface area contributed by atoms with Crippen LogP contribution < -0.4 is 5.32 Å². The van der Waals surface area contributed by atoms with Gasteiger partial charge >= 0.3 is 0 Å². The summed E-state index contributed by atoms with van der Waals surface area (Å²) in [7, 11) is 0. The molecule has 0 atom stereocenters. The molecule has 7 heteroatoms. The highest BCUT2D eigenvalue weighted by molar-refractivity contribution is 7.12. The second-order valence-electron chi connectivity index (χ2n) is 5.97. The molecule has 0 bridgehead atoms. The summed E-state index contributed by atoms with van der Waals surface area (Å²) >= 11 is 1.38. The van der Waals surface area contributed by atoms with Crippen LogP contribution in [-0.2, 0) is 0 Å². The molecule has 0 aliphatic rings. The number of anilines is 1. The molecule has 4 heterocycles. The number of pyridine rings is 1. The van der Waals surface area contributed by atoms with E-state index in [1.54, 1.807) is 24.4 Å². The molecule has 1 amide bonds. The number of nitrogens with one attached hydrogen (secondary N) is 1. The van der Waals surface area contributed by atoms with Gasteiger partial charge < -0.3 is 5.32 Å². The van der Waals surface area contributed by atoms with Gasteiger partial charge in [0.15, 0.2) is 5.65 Å². The van der Waals surface area contributed by atoms with Gasteiger partial charge in [0, 0.05) is 11.9 Å². The highest BCUT2D eigenvalue weighted by Gasteiger charge is 2.16. The lowest BCUT2D eigenvalue weighted by Crippen LogP contribution is -2.10. The average Bonchev–Trinajstić information content (AvgIpc) is 3.32. The Labute approximate surface area is 157 Å². The predicted molar refractivity (Wildman–Crippen MR) is 105 cm³/mol. The first kappa shape index (κ1) is 15.5. The van der Waals surface area contributed by atoms with Crippen LogP contribution in [-0.4, -0.2) is 20.3 Å². The van der Waals surface area contributed by atoms with Crippen LogP contribution in [0.2, 0.25) is 0 Å². The predicted octanol–water partition coefficient (Wildman–Crippen LogP) is 4.22. The zero-order valence-corrected chi connectivity index (χ0v) is 14.7. The summed E-state index contributed by atoms with van der Waals surface area (Å²) in [6.45, 7) is 0. The van der Waals surface area contributed by atoms with Gasteiger partial charge in [-0.15, -0.1) is 11.3 Å². The molecule has 128 valence electrons. The number of thiophene rings is 1. The van der Waals surface area contributed by atoms with Crippen LogP contribution in [0.1, 0.15) is 15.2 Å². The van der Waals surface area contributed by atoms with Crippen molar-refractivity contribution in [2.75, 3.05) is 5.32 Å². The molecule has 1 aromatic carbocycles. The third kappa shape index (κ3) is 2.43. The van der Waals surface area contributed by atoms with Gasteiger partial charge in [0.1, 0.15) is 17.1 Å². The summed E-state index contributed by atoms with van der Waals surface area (Å²) in [6.07, 6.45) is 1.80. The van der Waals surface area contributed by atoms with E-state index in [1.807, 2.05) is 40.1 Å². The van der Waals surface area contributed by atoms with E-state index in [4.69, 9.17) is 0 Å². The Bertz CT molecular complexity index is 1380. The average molecular weight is 369 g/mol. The number of carbonyl (C=O) groups is 1. The largest absolute Gasteiger partial charge is 0.321 e. The molecule has 0 saturated carbocycles. The molecular weight excluding hydrogens is 358 g/mol. The minimum atomic E-state index is -0.175. The molecule has 4 aromatic heterocycles. The summed E-state index contributed by atoms with van der Waals surface area (Å²) in [4.78, 5) is 22.2. The Morgan fingerprint density at radius 2 is 1.93 bits per heavy atom. The van der Waals surface area contributed by atoms with E-state index in [1.165, 1.54) is 11.3 Å². The second kappa shape index (κ2) is 5.90. The van der Waals surface area contributed by atoms with Crippen molar-refractivity contribution in [3.8, 4) is 6.07 Å². The van der Waals surface area contributed by atoms with Crippen molar-refractivity contribution < 1.29 is 4.79 Å². The molecule has 0 spiro atoms. The molecular formula is C20H11N5OS. The lowest BCUT2D eigenvalue weighted by Gasteiger charge is -2.05. The molecule has 0 fully saturated rings. The number of aromatic nitrogens is 3. The number of benzene rings is 1. The third-order valence-electron chi connectivity index (χ3n) is 4.34. The number of hydrogen-bond donors (Lipinski definition) is 1. The molecule has 0 saturated heterocycles. The van der Waals surface area contributed by atoms with Crippen molar-refractivity contribution >= 4 is 50.6 Å². The molecule has 0 aliphatic heterocycles. The Morgan fingerprint density at radius 1 is 1.11 bits per heavy atom. The van der Waals surface area contributed by atoms with Gasteiger partial charge in [0.25, 0.3) is 5.91 Å². The van der Waals surface area contributed by atoms with Crippen molar-refractivity contribution in [2.24, 2.45) is 0 Å². The lowest BCUT2D eigenvalue weighted by atomic mass is 10.2. The van der Waals surface area contributed by atoms with E-state index in [-0.39, 0.29) is 5.91 Å². The molecule has 0 radical (unpaired) electrons. The fourth-order valence-corrected chi connectivity index (χ4v) is 3.73. The van der Waals surface area contributed by atoms with Gasteiger partial charge in [0.05, 0.1) is 21.4 Å². The van der Waals surface area contributed by atoms with E-state index in [0.717, 1.165) is 11.0 Å². The molecule has 5 aromatic rings. The fourth-order valence-electron chi connectivity index (χ4n) is 3.11. The topological polar surface area (TPSA) is 83.1 Å². The summed E-state index contributed by atoms with van der Waals surface area (Å²) in [6, 6.07) is 17.0. The van der Waals surface area contributed by atoms with Crippen molar-refractivity contribution in [3.63, 3.8) is 0 Å². The van der Waals surface area contributed by atoms with Gasteiger partial charge in [-0.2, -0.15) is 5.26 Å². The number of hydrogen-bond acceptors (Lipinski definition) is 5. The Morgan fingerprint density at radius 3 is 2.67 bits per heavy atom. The normalized spacial score (nSPS) is 11.1. The lowest BCUT2D eigenvalue weighted by molar-refractivity contribution is 0.103. The second-order valence-corrected chi connectivity index (χ2v) is 6.92. The van der Waals surface area contributed by atoms with E-state index in [9.17, 15) is 10.1 Å². The Hall–Kier alpha value is -3.76. The van der Waals surface area contributed by atoms with Crippen LogP contribution in [0.5, 0.6) is 0 Å². The number of nitriles is 1. The minimum Gasteiger partial charge on any atom is -0.321 e. The van der Waals surface area contributed by atoms with Crippen LogP contribution in [0, 0.1) is 11.3 Å². The number of rotatable bonds is 2.